The van der Waals surface area contributed by atoms with Crippen molar-refractivity contribution in [2.24, 2.45) is 5.10 Å². The van der Waals surface area contributed by atoms with Crippen LogP contribution in [0.1, 0.15) is 18.1 Å². The molecule has 0 aliphatic carbocycles. The summed E-state index contributed by atoms with van der Waals surface area (Å²) in [5.74, 6) is -1.16. The molecule has 4 rings (SSSR count). The number of rotatable bonds is 5. The Balaban J connectivity index is 1.53. The molecule has 2 heterocycles. The second kappa shape index (κ2) is 7.82. The second-order valence-corrected chi connectivity index (χ2v) is 6.82. The molecule has 8 heteroatoms. The van der Waals surface area contributed by atoms with Crippen LogP contribution >= 0.6 is 0 Å². The summed E-state index contributed by atoms with van der Waals surface area (Å²) in [6, 6.07) is 14.7. The van der Waals surface area contributed by atoms with Crippen LogP contribution in [-0.2, 0) is 21.7 Å². The summed E-state index contributed by atoms with van der Waals surface area (Å²) in [4.78, 5) is 12.0. The summed E-state index contributed by atoms with van der Waals surface area (Å²) in [6.45, 7) is 1.82. The number of aliphatic carboxylic acids is 1. The maximum atomic E-state index is 13.2. The number of hydrazone groups is 1. The van der Waals surface area contributed by atoms with E-state index in [1.165, 1.54) is 18.4 Å². The van der Waals surface area contributed by atoms with Crippen molar-refractivity contribution in [1.82, 2.24) is 10.6 Å². The molecule has 0 spiro atoms. The van der Waals surface area contributed by atoms with Crippen molar-refractivity contribution in [3.63, 3.8) is 0 Å². The van der Waals surface area contributed by atoms with Crippen molar-refractivity contribution in [1.29, 1.82) is 0 Å². The van der Waals surface area contributed by atoms with Crippen molar-refractivity contribution in [3.05, 3.63) is 89.5 Å². The van der Waals surface area contributed by atoms with Crippen LogP contribution < -0.4 is 5.43 Å². The molecule has 2 aromatic carbocycles. The molecule has 0 saturated carbocycles. The zero-order valence-electron chi connectivity index (χ0n) is 16.0. The van der Waals surface area contributed by atoms with Crippen LogP contribution in [0.5, 0.6) is 0 Å². The van der Waals surface area contributed by atoms with Crippen LogP contribution in [0.25, 0.3) is 11.3 Å². The molecule has 0 bridgehead atoms. The smallest absolute Gasteiger partial charge is 0.339 e. The average Bonchev–Trinajstić information content (AvgIpc) is 3.22. The average molecular weight is 407 g/mol. The van der Waals surface area contributed by atoms with Gasteiger partial charge < -0.3 is 14.4 Å². The fourth-order valence-corrected chi connectivity index (χ4v) is 3.23. The molecule has 0 saturated heterocycles. The van der Waals surface area contributed by atoms with E-state index in [0.29, 0.717) is 28.0 Å². The van der Waals surface area contributed by atoms with Gasteiger partial charge in [0.25, 0.3) is 0 Å². The molecule has 1 aliphatic rings. The summed E-state index contributed by atoms with van der Waals surface area (Å²) < 4.78 is 24.0. The summed E-state index contributed by atoms with van der Waals surface area (Å²) >= 11 is 0. The number of nitrogens with zero attached hydrogens (tertiary/aromatic N) is 2. The van der Waals surface area contributed by atoms with Crippen LogP contribution in [0, 0.1) is 5.82 Å². The molecular weight excluding hydrogens is 389 g/mol. The molecule has 0 amide bonds. The summed E-state index contributed by atoms with van der Waals surface area (Å²) in [7, 11) is 0. The summed E-state index contributed by atoms with van der Waals surface area (Å²) in [5, 5.41) is 18.0. The maximum Gasteiger partial charge on any atom is 0.339 e. The fraction of sp³-hybridized carbons (Fsp3) is 0.136. The van der Waals surface area contributed by atoms with E-state index in [4.69, 9.17) is 9.26 Å². The Labute approximate surface area is 171 Å². The number of halogens is 1. The molecule has 152 valence electrons. The van der Waals surface area contributed by atoms with E-state index in [0.717, 1.165) is 0 Å². The predicted molar refractivity (Wildman–Crippen MR) is 107 cm³/mol. The van der Waals surface area contributed by atoms with Crippen molar-refractivity contribution in [3.8, 4) is 11.3 Å². The Morgan fingerprint density at radius 2 is 1.93 bits per heavy atom. The van der Waals surface area contributed by atoms with E-state index in [9.17, 15) is 14.3 Å². The predicted octanol–water partition coefficient (Wildman–Crippen LogP) is 3.84. The standard InChI is InChI=1S/C22H18FN3O4/c1-14-11-22(21(27)28,17-5-3-2-4-6-17)26-24-20(14)29-12-16-13-30-25-19(16)15-7-9-18(23)10-8-15/h2-11,13,26H,12H2,1H3,(H,27,28). The Morgan fingerprint density at radius 1 is 1.20 bits per heavy atom. The number of ether oxygens (including phenoxy) is 1. The van der Waals surface area contributed by atoms with Gasteiger partial charge in [0.1, 0.15) is 24.4 Å². The number of benzene rings is 2. The highest BCUT2D eigenvalue weighted by Gasteiger charge is 2.41. The quantitative estimate of drug-likeness (QED) is 0.667. The molecule has 2 N–H and O–H groups in total. The molecule has 30 heavy (non-hydrogen) atoms. The first-order valence-corrected chi connectivity index (χ1v) is 9.15. The van der Waals surface area contributed by atoms with Gasteiger partial charge in [-0.3, -0.25) is 5.43 Å². The van der Waals surface area contributed by atoms with Gasteiger partial charge in [0, 0.05) is 11.1 Å². The highest BCUT2D eigenvalue weighted by Crippen LogP contribution is 2.29. The molecule has 0 radical (unpaired) electrons. The van der Waals surface area contributed by atoms with Crippen LogP contribution in [0.4, 0.5) is 4.39 Å². The molecule has 7 nitrogen and oxygen atoms in total. The lowest BCUT2D eigenvalue weighted by Gasteiger charge is -2.30. The minimum atomic E-state index is -1.48. The maximum absolute atomic E-state index is 13.2. The highest BCUT2D eigenvalue weighted by molar-refractivity contribution is 5.97. The van der Waals surface area contributed by atoms with Gasteiger partial charge in [-0.2, -0.15) is 0 Å². The third-order valence-electron chi connectivity index (χ3n) is 4.80. The molecule has 0 fully saturated rings. The normalized spacial score (nSPS) is 18.2. The molecule has 1 unspecified atom stereocenters. The van der Waals surface area contributed by atoms with Crippen LogP contribution in [0.15, 0.2) is 82.1 Å². The van der Waals surface area contributed by atoms with E-state index in [-0.39, 0.29) is 18.3 Å². The van der Waals surface area contributed by atoms with Crippen LogP contribution in [-0.4, -0.2) is 22.1 Å². The van der Waals surface area contributed by atoms with Gasteiger partial charge in [0.05, 0.1) is 5.56 Å². The number of aromatic nitrogens is 1. The molecular formula is C22H18FN3O4. The number of nitrogens with one attached hydrogen (secondary N) is 1. The highest BCUT2D eigenvalue weighted by atomic mass is 19.1. The minimum absolute atomic E-state index is 0.0906. The lowest BCUT2D eigenvalue weighted by Crippen LogP contribution is -2.48. The Kier molecular flexibility index (Phi) is 5.05. The minimum Gasteiger partial charge on any atom is -0.479 e. The second-order valence-electron chi connectivity index (χ2n) is 6.82. The van der Waals surface area contributed by atoms with Gasteiger partial charge >= 0.3 is 5.97 Å². The van der Waals surface area contributed by atoms with Crippen LogP contribution in [0.3, 0.4) is 0 Å². The zero-order chi connectivity index (χ0) is 21.1. The Morgan fingerprint density at radius 3 is 2.60 bits per heavy atom. The summed E-state index contributed by atoms with van der Waals surface area (Å²) in [6.07, 6.45) is 3.02. The topological polar surface area (TPSA) is 97.0 Å². The number of hydrogen-bond acceptors (Lipinski definition) is 6. The van der Waals surface area contributed by atoms with Gasteiger partial charge in [0.2, 0.25) is 5.90 Å². The third-order valence-corrected chi connectivity index (χ3v) is 4.80. The fourth-order valence-electron chi connectivity index (χ4n) is 3.23. The van der Waals surface area contributed by atoms with Gasteiger partial charge in [0.15, 0.2) is 5.54 Å². The van der Waals surface area contributed by atoms with E-state index in [2.05, 4.69) is 15.7 Å². The van der Waals surface area contributed by atoms with E-state index >= 15 is 0 Å². The lowest BCUT2D eigenvalue weighted by atomic mass is 9.88. The first kappa shape index (κ1) is 19.4. The molecule has 1 aromatic heterocycles. The Hall–Kier alpha value is -3.94. The largest absolute Gasteiger partial charge is 0.479 e. The van der Waals surface area contributed by atoms with Crippen LogP contribution in [0.2, 0.25) is 0 Å². The first-order valence-electron chi connectivity index (χ1n) is 9.15. The lowest BCUT2D eigenvalue weighted by molar-refractivity contribution is -0.143. The van der Waals surface area contributed by atoms with Gasteiger partial charge in [-0.1, -0.05) is 35.5 Å². The number of carboxylic acid groups (broad SMARTS) is 1. The SMILES string of the molecule is CC1=CC(C(=O)O)(c2ccccc2)NN=C1OCc1conc1-c1ccc(F)cc1. The number of hydrogen-bond donors (Lipinski definition) is 2. The van der Waals surface area contributed by atoms with E-state index < -0.39 is 11.5 Å². The van der Waals surface area contributed by atoms with E-state index in [1.807, 2.05) is 6.07 Å². The van der Waals surface area contributed by atoms with Gasteiger partial charge in [-0.15, -0.1) is 5.10 Å². The molecule has 3 aromatic rings. The Bertz CT molecular complexity index is 1120. The first-order chi connectivity index (χ1) is 14.5. The van der Waals surface area contributed by atoms with Gasteiger partial charge in [-0.25, -0.2) is 9.18 Å². The number of carboxylic acids is 1. The van der Waals surface area contributed by atoms with Crippen molar-refractivity contribution in [2.45, 2.75) is 19.1 Å². The van der Waals surface area contributed by atoms with Gasteiger partial charge in [-0.05, 0) is 42.8 Å². The summed E-state index contributed by atoms with van der Waals surface area (Å²) in [5.41, 5.74) is 4.23. The van der Waals surface area contributed by atoms with Crippen molar-refractivity contribution < 1.29 is 23.6 Å². The monoisotopic (exact) mass is 407 g/mol. The molecule has 1 aliphatic heterocycles. The van der Waals surface area contributed by atoms with E-state index in [1.54, 1.807) is 49.4 Å². The van der Waals surface area contributed by atoms with Crippen molar-refractivity contribution >= 4 is 11.9 Å². The van der Waals surface area contributed by atoms with Crippen molar-refractivity contribution in [2.75, 3.05) is 0 Å². The molecule has 1 atom stereocenters. The third kappa shape index (κ3) is 3.55. The number of carbonyl (C=O) groups is 1. The zero-order valence-corrected chi connectivity index (χ0v) is 16.0.